The first-order valence-corrected chi connectivity index (χ1v) is 5.38. The Morgan fingerprint density at radius 1 is 1.47 bits per heavy atom. The first kappa shape index (κ1) is 13.6. The van der Waals surface area contributed by atoms with Crippen molar-refractivity contribution in [2.75, 3.05) is 6.54 Å². The van der Waals surface area contributed by atoms with Crippen LogP contribution in [0.4, 0.5) is 8.78 Å². The second-order valence-electron chi connectivity index (χ2n) is 4.13. The molecule has 3 N–H and O–H groups in total. The van der Waals surface area contributed by atoms with E-state index in [1.165, 1.54) is 6.07 Å². The standard InChI is InChI=1S/C12H16F2N2O/c1-3-16-12(2,7-11(15)17)9-5-4-8(13)6-10(9)14/h4-6,16H,3,7H2,1-2H3,(H2,15,17). The number of nitrogens with one attached hydrogen (secondary N) is 1. The maximum absolute atomic E-state index is 13.7. The Bertz CT molecular complexity index is 423. The lowest BCUT2D eigenvalue weighted by Crippen LogP contribution is -2.43. The molecular formula is C12H16F2N2O. The third-order valence-electron chi connectivity index (χ3n) is 2.62. The van der Waals surface area contributed by atoms with E-state index in [4.69, 9.17) is 5.73 Å². The van der Waals surface area contributed by atoms with Gasteiger partial charge in [0, 0.05) is 18.1 Å². The predicted octanol–water partition coefficient (Wildman–Crippen LogP) is 1.66. The Labute approximate surface area is 99.0 Å². The van der Waals surface area contributed by atoms with Gasteiger partial charge in [0.25, 0.3) is 0 Å². The minimum absolute atomic E-state index is 0.0522. The van der Waals surface area contributed by atoms with Crippen LogP contribution < -0.4 is 11.1 Å². The minimum Gasteiger partial charge on any atom is -0.370 e. The molecule has 94 valence electrons. The molecule has 1 rings (SSSR count). The maximum atomic E-state index is 13.7. The van der Waals surface area contributed by atoms with E-state index in [9.17, 15) is 13.6 Å². The number of rotatable bonds is 5. The fraction of sp³-hybridized carbons (Fsp3) is 0.417. The van der Waals surface area contributed by atoms with Crippen LogP contribution in [0.2, 0.25) is 0 Å². The highest BCUT2D eigenvalue weighted by Gasteiger charge is 2.30. The Balaban J connectivity index is 3.16. The smallest absolute Gasteiger partial charge is 0.219 e. The summed E-state index contributed by atoms with van der Waals surface area (Å²) in [6.45, 7) is 4.04. The molecule has 1 aromatic carbocycles. The zero-order valence-corrected chi connectivity index (χ0v) is 9.89. The van der Waals surface area contributed by atoms with Crippen LogP contribution in [0.5, 0.6) is 0 Å². The number of hydrogen-bond acceptors (Lipinski definition) is 2. The molecule has 0 heterocycles. The number of hydrogen-bond donors (Lipinski definition) is 2. The second kappa shape index (κ2) is 5.23. The van der Waals surface area contributed by atoms with Gasteiger partial charge in [0.1, 0.15) is 11.6 Å². The molecule has 17 heavy (non-hydrogen) atoms. The van der Waals surface area contributed by atoms with Crippen molar-refractivity contribution in [1.82, 2.24) is 5.32 Å². The van der Waals surface area contributed by atoms with Gasteiger partial charge >= 0.3 is 0 Å². The number of primary amides is 1. The van der Waals surface area contributed by atoms with Gasteiger partial charge in [0.2, 0.25) is 5.91 Å². The predicted molar refractivity (Wildman–Crippen MR) is 61.2 cm³/mol. The van der Waals surface area contributed by atoms with Crippen molar-refractivity contribution in [3.8, 4) is 0 Å². The van der Waals surface area contributed by atoms with E-state index in [0.717, 1.165) is 12.1 Å². The fourth-order valence-electron chi connectivity index (χ4n) is 1.93. The summed E-state index contributed by atoms with van der Waals surface area (Å²) in [4.78, 5) is 11.0. The molecular weight excluding hydrogens is 226 g/mol. The Morgan fingerprint density at radius 3 is 2.59 bits per heavy atom. The van der Waals surface area contributed by atoms with Gasteiger partial charge in [0.15, 0.2) is 0 Å². The van der Waals surface area contributed by atoms with E-state index >= 15 is 0 Å². The van der Waals surface area contributed by atoms with Crippen molar-refractivity contribution in [2.45, 2.75) is 25.8 Å². The Kier molecular flexibility index (Phi) is 4.17. The maximum Gasteiger partial charge on any atom is 0.219 e. The van der Waals surface area contributed by atoms with Crippen molar-refractivity contribution in [2.24, 2.45) is 5.73 Å². The second-order valence-corrected chi connectivity index (χ2v) is 4.13. The Hall–Kier alpha value is -1.49. The highest BCUT2D eigenvalue weighted by molar-refractivity contribution is 5.75. The fourth-order valence-corrected chi connectivity index (χ4v) is 1.93. The van der Waals surface area contributed by atoms with E-state index in [0.29, 0.717) is 6.54 Å². The highest BCUT2D eigenvalue weighted by atomic mass is 19.1. The molecule has 1 amide bonds. The molecule has 0 saturated heterocycles. The molecule has 0 bridgehead atoms. The lowest BCUT2D eigenvalue weighted by atomic mass is 9.87. The zero-order chi connectivity index (χ0) is 13.1. The number of benzene rings is 1. The molecule has 1 atom stereocenters. The first-order valence-electron chi connectivity index (χ1n) is 5.38. The lowest BCUT2D eigenvalue weighted by molar-refractivity contribution is -0.119. The van der Waals surface area contributed by atoms with Crippen molar-refractivity contribution in [3.05, 3.63) is 35.4 Å². The van der Waals surface area contributed by atoms with E-state index in [1.54, 1.807) is 6.92 Å². The summed E-state index contributed by atoms with van der Waals surface area (Å²) in [6.07, 6.45) is -0.0522. The molecule has 0 spiro atoms. The van der Waals surface area contributed by atoms with Gasteiger partial charge in [-0.3, -0.25) is 4.79 Å². The molecule has 1 aromatic rings. The van der Waals surface area contributed by atoms with Crippen LogP contribution in [0, 0.1) is 11.6 Å². The number of nitrogens with two attached hydrogens (primary N) is 1. The molecule has 0 aliphatic rings. The number of carbonyl (C=O) groups is 1. The van der Waals surface area contributed by atoms with Crippen LogP contribution in [0.25, 0.3) is 0 Å². The quantitative estimate of drug-likeness (QED) is 0.825. The van der Waals surface area contributed by atoms with Gasteiger partial charge in [-0.25, -0.2) is 8.78 Å². The topological polar surface area (TPSA) is 55.1 Å². The molecule has 0 radical (unpaired) electrons. The van der Waals surface area contributed by atoms with Crippen LogP contribution >= 0.6 is 0 Å². The van der Waals surface area contributed by atoms with E-state index in [1.807, 2.05) is 6.92 Å². The van der Waals surface area contributed by atoms with E-state index < -0.39 is 23.1 Å². The SMILES string of the molecule is CCNC(C)(CC(N)=O)c1ccc(F)cc1F. The molecule has 0 aromatic heterocycles. The summed E-state index contributed by atoms with van der Waals surface area (Å²) in [6, 6.07) is 3.29. The van der Waals surface area contributed by atoms with E-state index in [2.05, 4.69) is 5.32 Å². The third kappa shape index (κ3) is 3.23. The van der Waals surface area contributed by atoms with Crippen molar-refractivity contribution < 1.29 is 13.6 Å². The molecule has 1 unspecified atom stereocenters. The van der Waals surface area contributed by atoms with Crippen LogP contribution in [-0.4, -0.2) is 12.5 Å². The van der Waals surface area contributed by atoms with Gasteiger partial charge in [-0.2, -0.15) is 0 Å². The lowest BCUT2D eigenvalue weighted by Gasteiger charge is -2.30. The van der Waals surface area contributed by atoms with Crippen LogP contribution in [0.3, 0.4) is 0 Å². The van der Waals surface area contributed by atoms with Crippen LogP contribution in [-0.2, 0) is 10.3 Å². The summed E-state index contributed by atoms with van der Waals surface area (Å²) >= 11 is 0. The number of carbonyl (C=O) groups excluding carboxylic acids is 1. The van der Waals surface area contributed by atoms with Gasteiger partial charge in [-0.05, 0) is 19.5 Å². The zero-order valence-electron chi connectivity index (χ0n) is 9.89. The van der Waals surface area contributed by atoms with Crippen LogP contribution in [0.1, 0.15) is 25.8 Å². The summed E-state index contributed by atoms with van der Waals surface area (Å²) in [5, 5.41) is 3.00. The Morgan fingerprint density at radius 2 is 2.12 bits per heavy atom. The summed E-state index contributed by atoms with van der Waals surface area (Å²) in [5.41, 5.74) is 4.47. The molecule has 3 nitrogen and oxygen atoms in total. The molecule has 0 aliphatic carbocycles. The summed E-state index contributed by atoms with van der Waals surface area (Å²) in [7, 11) is 0. The monoisotopic (exact) mass is 242 g/mol. The molecule has 0 aliphatic heterocycles. The van der Waals surface area contributed by atoms with Crippen molar-refractivity contribution >= 4 is 5.91 Å². The summed E-state index contributed by atoms with van der Waals surface area (Å²) in [5.74, 6) is -1.88. The van der Waals surface area contributed by atoms with Gasteiger partial charge in [-0.15, -0.1) is 0 Å². The molecule has 0 fully saturated rings. The minimum atomic E-state index is -0.918. The molecule has 5 heteroatoms. The van der Waals surface area contributed by atoms with Gasteiger partial charge in [-0.1, -0.05) is 13.0 Å². The normalized spacial score (nSPS) is 14.4. The summed E-state index contributed by atoms with van der Waals surface area (Å²) < 4.78 is 26.5. The highest BCUT2D eigenvalue weighted by Crippen LogP contribution is 2.27. The number of amides is 1. The number of halogens is 2. The third-order valence-corrected chi connectivity index (χ3v) is 2.62. The first-order chi connectivity index (χ1) is 7.89. The average Bonchev–Trinajstić information content (AvgIpc) is 2.15. The van der Waals surface area contributed by atoms with Crippen LogP contribution in [0.15, 0.2) is 18.2 Å². The average molecular weight is 242 g/mol. The molecule has 0 saturated carbocycles. The largest absolute Gasteiger partial charge is 0.370 e. The van der Waals surface area contributed by atoms with E-state index in [-0.39, 0.29) is 12.0 Å². The van der Waals surface area contributed by atoms with Gasteiger partial charge < -0.3 is 11.1 Å². The van der Waals surface area contributed by atoms with Crippen molar-refractivity contribution in [3.63, 3.8) is 0 Å². The van der Waals surface area contributed by atoms with Gasteiger partial charge in [0.05, 0.1) is 5.54 Å². The van der Waals surface area contributed by atoms with Crippen molar-refractivity contribution in [1.29, 1.82) is 0 Å².